The summed E-state index contributed by atoms with van der Waals surface area (Å²) in [5.41, 5.74) is 5.74. The van der Waals surface area contributed by atoms with E-state index in [1.165, 1.54) is 0 Å². The number of fused-ring (bicyclic) bond motifs is 1. The molecule has 0 spiro atoms. The predicted molar refractivity (Wildman–Crippen MR) is 74.3 cm³/mol. The molecular formula is C12H16N6O4. The summed E-state index contributed by atoms with van der Waals surface area (Å²) in [5.74, 6) is -0.677. The molecule has 0 unspecified atom stereocenters. The number of carbonyl (C=O) groups excluding carboxylic acids is 1. The Kier molecular flexibility index (Phi) is 3.05. The van der Waals surface area contributed by atoms with Crippen LogP contribution in [-0.4, -0.2) is 60.5 Å². The monoisotopic (exact) mass is 312 g/mol. The van der Waals surface area contributed by atoms with Gasteiger partial charge in [-0.1, -0.05) is 0 Å². The number of ether oxygens (including phenoxy) is 1. The molecule has 1 amide bonds. The van der Waals surface area contributed by atoms with Gasteiger partial charge in [0.1, 0.15) is 26.8 Å². The van der Waals surface area contributed by atoms with Crippen molar-refractivity contribution in [3.05, 3.63) is 12.6 Å². The maximum atomic E-state index is 11.9. The zero-order valence-corrected chi connectivity index (χ0v) is 11.6. The van der Waals surface area contributed by atoms with Crippen LogP contribution in [0.3, 0.4) is 0 Å². The fourth-order valence-electron chi connectivity index (χ4n) is 2.31. The Labute approximate surface area is 127 Å². The number of likely N-dealkylation sites (N-methyl/N-ethyl adjacent to an activating group) is 1. The van der Waals surface area contributed by atoms with Gasteiger partial charge in [0.15, 0.2) is 23.8 Å². The number of nitrogen functional groups attached to an aromatic ring is 1. The van der Waals surface area contributed by atoms with Crippen LogP contribution in [-0.2, 0) is 9.53 Å². The summed E-state index contributed by atoms with van der Waals surface area (Å²) >= 11 is 0. The second-order valence-corrected chi connectivity index (χ2v) is 4.79. The van der Waals surface area contributed by atoms with Crippen LogP contribution >= 0.6 is 0 Å². The summed E-state index contributed by atoms with van der Waals surface area (Å²) in [6.07, 6.45) is -6.33. The van der Waals surface area contributed by atoms with Crippen LogP contribution in [0.4, 0.5) is 5.82 Å². The van der Waals surface area contributed by atoms with Gasteiger partial charge in [-0.15, -0.1) is 0 Å². The van der Waals surface area contributed by atoms with E-state index in [0.717, 1.165) is 4.57 Å². The largest absolute Gasteiger partial charge is 0.387 e. The SMILES string of the molecule is [3H]c1nc(N)c2nc([3H])n([C@@H]3O[C@H](C(=O)NCC)[C@@H](O)[C@H]3O)c2n1. The highest BCUT2D eigenvalue weighted by molar-refractivity contribution is 5.82. The van der Waals surface area contributed by atoms with Gasteiger partial charge in [-0.05, 0) is 6.92 Å². The Balaban J connectivity index is 2.05. The summed E-state index contributed by atoms with van der Waals surface area (Å²) in [5, 5.41) is 22.8. The zero-order chi connectivity index (χ0) is 17.6. The van der Waals surface area contributed by atoms with E-state index >= 15 is 0 Å². The smallest absolute Gasteiger partial charge is 0.252 e. The van der Waals surface area contributed by atoms with E-state index in [4.69, 9.17) is 13.2 Å². The molecule has 3 heterocycles. The van der Waals surface area contributed by atoms with E-state index in [0.29, 0.717) is 6.54 Å². The molecule has 2 aromatic heterocycles. The van der Waals surface area contributed by atoms with Crippen molar-refractivity contribution in [1.82, 2.24) is 24.8 Å². The molecule has 0 aromatic carbocycles. The molecule has 0 aliphatic carbocycles. The number of hydrogen-bond donors (Lipinski definition) is 4. The first-order valence-corrected chi connectivity index (χ1v) is 6.63. The molecule has 0 saturated carbocycles. The Hall–Kier alpha value is -2.30. The first kappa shape index (κ1) is 12.3. The average molecular weight is 312 g/mol. The molecule has 1 aliphatic rings. The maximum Gasteiger partial charge on any atom is 0.252 e. The predicted octanol–water partition coefficient (Wildman–Crippen LogP) is -1.84. The number of rotatable bonds is 3. The minimum absolute atomic E-state index is 0.00491. The van der Waals surface area contributed by atoms with Crippen molar-refractivity contribution in [2.24, 2.45) is 0 Å². The van der Waals surface area contributed by atoms with Crippen molar-refractivity contribution in [3.63, 3.8) is 0 Å². The van der Waals surface area contributed by atoms with E-state index in [1.807, 2.05) is 0 Å². The number of aliphatic hydroxyl groups excluding tert-OH is 2. The summed E-state index contributed by atoms with van der Waals surface area (Å²) < 4.78 is 22.0. The molecule has 1 fully saturated rings. The molecule has 10 heteroatoms. The second-order valence-electron chi connectivity index (χ2n) is 4.79. The number of carbonyl (C=O) groups is 1. The summed E-state index contributed by atoms with van der Waals surface area (Å²) in [7, 11) is 0. The van der Waals surface area contributed by atoms with Crippen molar-refractivity contribution < 1.29 is 22.5 Å². The Morgan fingerprint density at radius 2 is 2.27 bits per heavy atom. The number of anilines is 1. The Morgan fingerprint density at radius 1 is 1.50 bits per heavy atom. The Bertz CT molecular complexity index is 799. The standard InChI is InChI=1S/C12H16N6O4/c1-2-14-11(21)8-6(19)7(20)12(22-8)18-4-17-5-9(13)15-3-16-10(5)18/h3-4,6-8,12,19-20H,2H2,1H3,(H,14,21)(H2,13,15,16)/t6-,7+,8-,12+/m0/s1/i3T,4T. The van der Waals surface area contributed by atoms with E-state index in [9.17, 15) is 15.0 Å². The average Bonchev–Trinajstić information content (AvgIpc) is 2.98. The lowest BCUT2D eigenvalue weighted by Gasteiger charge is -2.16. The summed E-state index contributed by atoms with van der Waals surface area (Å²) in [6, 6.07) is 0. The van der Waals surface area contributed by atoms with E-state index in [1.54, 1.807) is 6.92 Å². The minimum Gasteiger partial charge on any atom is -0.387 e. The normalized spacial score (nSPS) is 29.4. The van der Waals surface area contributed by atoms with Gasteiger partial charge in [0.25, 0.3) is 5.91 Å². The molecule has 1 aliphatic heterocycles. The molecule has 10 nitrogen and oxygen atoms in total. The van der Waals surface area contributed by atoms with E-state index in [2.05, 4.69) is 20.3 Å². The van der Waals surface area contributed by atoms with Crippen LogP contribution in [0.5, 0.6) is 0 Å². The fourth-order valence-corrected chi connectivity index (χ4v) is 2.31. The lowest BCUT2D eigenvalue weighted by Crippen LogP contribution is -2.42. The van der Waals surface area contributed by atoms with Crippen LogP contribution in [0.2, 0.25) is 0 Å². The molecule has 4 atom stereocenters. The highest BCUT2D eigenvalue weighted by atomic mass is 16.6. The Morgan fingerprint density at radius 3 is 3.00 bits per heavy atom. The molecule has 1 saturated heterocycles. The number of aliphatic hydroxyl groups is 2. The molecule has 22 heavy (non-hydrogen) atoms. The fraction of sp³-hybridized carbons (Fsp3) is 0.500. The van der Waals surface area contributed by atoms with Gasteiger partial charge in [-0.2, -0.15) is 0 Å². The number of hydrogen-bond acceptors (Lipinski definition) is 8. The van der Waals surface area contributed by atoms with Gasteiger partial charge in [0.05, 0.1) is 6.30 Å². The molecule has 3 rings (SSSR count). The molecule has 118 valence electrons. The van der Waals surface area contributed by atoms with Crippen molar-refractivity contribution >= 4 is 22.9 Å². The van der Waals surface area contributed by atoms with Gasteiger partial charge in [-0.25, -0.2) is 15.0 Å². The molecule has 2 aromatic rings. The lowest BCUT2D eigenvalue weighted by atomic mass is 10.1. The minimum atomic E-state index is -1.50. The second kappa shape index (κ2) is 5.48. The first-order valence-electron chi connectivity index (χ1n) is 7.63. The van der Waals surface area contributed by atoms with Crippen molar-refractivity contribution in [3.8, 4) is 0 Å². The van der Waals surface area contributed by atoms with Crippen molar-refractivity contribution in [2.45, 2.75) is 31.5 Å². The van der Waals surface area contributed by atoms with Crippen molar-refractivity contribution in [1.29, 1.82) is 0 Å². The molecule has 5 N–H and O–H groups in total. The number of nitrogens with two attached hydrogens (primary N) is 1. The molecule has 0 radical (unpaired) electrons. The number of nitrogens with zero attached hydrogens (tertiary/aromatic N) is 4. The number of imidazole rings is 1. The summed E-state index contributed by atoms with van der Waals surface area (Å²) in [4.78, 5) is 23.3. The quantitative estimate of drug-likeness (QED) is 0.517. The van der Waals surface area contributed by atoms with Gasteiger partial charge < -0.3 is 26.0 Å². The number of aromatic nitrogens is 4. The van der Waals surface area contributed by atoms with Gasteiger partial charge in [0.2, 0.25) is 0 Å². The number of nitrogens with one attached hydrogen (secondary N) is 1. The van der Waals surface area contributed by atoms with Crippen LogP contribution in [0, 0.1) is 0 Å². The van der Waals surface area contributed by atoms with Gasteiger partial charge in [-0.3, -0.25) is 9.36 Å². The maximum absolute atomic E-state index is 11.9. The highest BCUT2D eigenvalue weighted by Crippen LogP contribution is 2.31. The highest BCUT2D eigenvalue weighted by Gasteiger charge is 2.47. The molecular weight excluding hydrogens is 292 g/mol. The third kappa shape index (κ3) is 2.17. The third-order valence-corrected chi connectivity index (χ3v) is 3.38. The van der Waals surface area contributed by atoms with Crippen molar-refractivity contribution in [2.75, 3.05) is 12.3 Å². The van der Waals surface area contributed by atoms with E-state index in [-0.39, 0.29) is 23.3 Å². The van der Waals surface area contributed by atoms with E-state index < -0.39 is 36.8 Å². The van der Waals surface area contributed by atoms with Gasteiger partial charge in [0, 0.05) is 6.54 Å². The lowest BCUT2D eigenvalue weighted by molar-refractivity contribution is -0.137. The first-order chi connectivity index (χ1) is 11.3. The van der Waals surface area contributed by atoms with Crippen LogP contribution in [0.25, 0.3) is 11.2 Å². The summed E-state index contributed by atoms with van der Waals surface area (Å²) in [6.45, 7) is 2.03. The van der Waals surface area contributed by atoms with Crippen LogP contribution < -0.4 is 11.1 Å². The molecule has 0 bridgehead atoms. The van der Waals surface area contributed by atoms with Crippen LogP contribution in [0.1, 0.15) is 15.9 Å². The van der Waals surface area contributed by atoms with Gasteiger partial charge >= 0.3 is 0 Å². The number of amides is 1. The zero-order valence-electron chi connectivity index (χ0n) is 13.6. The van der Waals surface area contributed by atoms with Crippen LogP contribution in [0.15, 0.2) is 12.6 Å². The topological polar surface area (TPSA) is 148 Å². The third-order valence-electron chi connectivity index (χ3n) is 3.38.